The van der Waals surface area contributed by atoms with Gasteiger partial charge in [0, 0.05) is 12.0 Å². The van der Waals surface area contributed by atoms with Gasteiger partial charge < -0.3 is 9.47 Å². The summed E-state index contributed by atoms with van der Waals surface area (Å²) in [5.41, 5.74) is 7.54. The van der Waals surface area contributed by atoms with Gasteiger partial charge in [-0.15, -0.1) is 0 Å². The first-order valence-electron chi connectivity index (χ1n) is 13.2. The van der Waals surface area contributed by atoms with Gasteiger partial charge in [0.2, 0.25) is 0 Å². The van der Waals surface area contributed by atoms with E-state index in [1.54, 1.807) is 0 Å². The molecule has 2 heterocycles. The molecule has 184 valence electrons. The van der Waals surface area contributed by atoms with Gasteiger partial charge in [0.1, 0.15) is 12.4 Å². The summed E-state index contributed by atoms with van der Waals surface area (Å²) in [5.74, 6) is 0.981. The fourth-order valence-corrected chi connectivity index (χ4v) is 6.22. The van der Waals surface area contributed by atoms with E-state index >= 15 is 0 Å². The molecule has 3 aromatic rings. The normalized spacial score (nSPS) is 20.5. The van der Waals surface area contributed by atoms with Gasteiger partial charge in [-0.3, -0.25) is 4.90 Å². The Kier molecular flexibility index (Phi) is 6.04. The van der Waals surface area contributed by atoms with Crippen LogP contribution in [0, 0.1) is 0 Å². The second-order valence-electron chi connectivity index (χ2n) is 10.5. The van der Waals surface area contributed by atoms with Crippen molar-refractivity contribution in [2.45, 2.75) is 63.6 Å². The number of rotatable bonds is 5. The molecule has 2 unspecified atom stereocenters. The lowest BCUT2D eigenvalue weighted by molar-refractivity contribution is 0.0539. The van der Waals surface area contributed by atoms with Crippen molar-refractivity contribution in [2.24, 2.45) is 0 Å². The zero-order valence-corrected chi connectivity index (χ0v) is 21.0. The molecule has 2 bridgehead atoms. The third-order valence-electron chi connectivity index (χ3n) is 7.78. The molecule has 1 fully saturated rings. The zero-order chi connectivity index (χ0) is 24.6. The molecule has 0 radical (unpaired) electrons. The highest BCUT2D eigenvalue weighted by Crippen LogP contribution is 2.45. The summed E-state index contributed by atoms with van der Waals surface area (Å²) >= 11 is 0. The van der Waals surface area contributed by atoms with Gasteiger partial charge in [-0.25, -0.2) is 4.79 Å². The first-order valence-corrected chi connectivity index (χ1v) is 13.2. The predicted molar refractivity (Wildman–Crippen MR) is 143 cm³/mol. The van der Waals surface area contributed by atoms with Crippen molar-refractivity contribution in [1.29, 1.82) is 0 Å². The van der Waals surface area contributed by atoms with Crippen molar-refractivity contribution in [3.8, 4) is 16.9 Å². The Morgan fingerprint density at radius 3 is 2.22 bits per heavy atom. The molecule has 1 amide bonds. The maximum Gasteiger partial charge on any atom is 0.410 e. The molecule has 2 atom stereocenters. The topological polar surface area (TPSA) is 38.8 Å². The minimum atomic E-state index is -0.178. The maximum absolute atomic E-state index is 13.4. The van der Waals surface area contributed by atoms with Gasteiger partial charge in [0.15, 0.2) is 0 Å². The summed E-state index contributed by atoms with van der Waals surface area (Å²) < 4.78 is 11.9. The molecule has 6 rings (SSSR count). The highest BCUT2D eigenvalue weighted by atomic mass is 16.6. The van der Waals surface area contributed by atoms with Gasteiger partial charge in [0.05, 0.1) is 12.1 Å². The third kappa shape index (κ3) is 4.19. The summed E-state index contributed by atoms with van der Waals surface area (Å²) in [5, 5.41) is 0. The Bertz CT molecular complexity index is 1250. The van der Waals surface area contributed by atoms with Crippen molar-refractivity contribution < 1.29 is 14.3 Å². The number of amides is 1. The van der Waals surface area contributed by atoms with E-state index < -0.39 is 0 Å². The van der Waals surface area contributed by atoms with Crippen molar-refractivity contribution in [3.05, 3.63) is 95.6 Å². The SMILES string of the molecule is CC(C)Oc1ccc(C2=CC3CCCC(C2)N3C(=O)OCC2c3ccccc3-c3ccccc32)cc1. The van der Waals surface area contributed by atoms with E-state index in [1.807, 2.05) is 30.9 Å². The molecule has 4 heteroatoms. The van der Waals surface area contributed by atoms with E-state index in [0.29, 0.717) is 6.61 Å². The number of nitrogens with zero attached hydrogens (tertiary/aromatic N) is 1. The standard InChI is InChI=1S/C32H33NO3/c1-21(2)36-26-16-14-22(15-17-26)23-18-24-8-7-9-25(19-23)33(24)32(34)35-20-31-29-12-5-3-10-27(29)28-11-4-6-13-30(28)31/h3-6,10-18,21,24-25,31H,7-9,19-20H2,1-2H3. The van der Waals surface area contributed by atoms with E-state index in [4.69, 9.17) is 9.47 Å². The summed E-state index contributed by atoms with van der Waals surface area (Å²) in [4.78, 5) is 15.5. The molecule has 0 spiro atoms. The van der Waals surface area contributed by atoms with Crippen LogP contribution in [0.15, 0.2) is 78.9 Å². The highest BCUT2D eigenvalue weighted by Gasteiger charge is 2.39. The number of hydrogen-bond donors (Lipinski definition) is 0. The molecule has 1 saturated heterocycles. The molecule has 2 aliphatic heterocycles. The Morgan fingerprint density at radius 1 is 0.917 bits per heavy atom. The number of piperidine rings is 1. The molecule has 3 aliphatic rings. The summed E-state index contributed by atoms with van der Waals surface area (Å²) in [6.07, 6.45) is 6.29. The Balaban J connectivity index is 1.18. The third-order valence-corrected chi connectivity index (χ3v) is 7.78. The molecule has 4 nitrogen and oxygen atoms in total. The molecule has 0 aromatic heterocycles. The second kappa shape index (κ2) is 9.50. The molecule has 3 aromatic carbocycles. The Morgan fingerprint density at radius 2 is 1.58 bits per heavy atom. The van der Waals surface area contributed by atoms with Crippen LogP contribution in [0.5, 0.6) is 5.75 Å². The number of benzene rings is 3. The van der Waals surface area contributed by atoms with Crippen LogP contribution in [0.1, 0.15) is 62.1 Å². The lowest BCUT2D eigenvalue weighted by Gasteiger charge is -2.44. The van der Waals surface area contributed by atoms with Gasteiger partial charge >= 0.3 is 6.09 Å². The number of carbonyl (C=O) groups is 1. The van der Waals surface area contributed by atoms with Gasteiger partial charge in [-0.05, 0) is 85.1 Å². The first kappa shape index (κ1) is 22.9. The van der Waals surface area contributed by atoms with E-state index in [9.17, 15) is 4.79 Å². The molecule has 1 aliphatic carbocycles. The van der Waals surface area contributed by atoms with Crippen molar-refractivity contribution in [1.82, 2.24) is 4.90 Å². The van der Waals surface area contributed by atoms with Crippen molar-refractivity contribution >= 4 is 11.7 Å². The maximum atomic E-state index is 13.4. The first-order chi connectivity index (χ1) is 17.6. The van der Waals surface area contributed by atoms with Gasteiger partial charge in [-0.2, -0.15) is 0 Å². The average Bonchev–Trinajstić information content (AvgIpc) is 3.20. The second-order valence-corrected chi connectivity index (χ2v) is 10.5. The number of carbonyl (C=O) groups excluding carboxylic acids is 1. The number of ether oxygens (including phenoxy) is 2. The predicted octanol–water partition coefficient (Wildman–Crippen LogP) is 7.43. The lowest BCUT2D eigenvalue weighted by Crippen LogP contribution is -2.51. The Labute approximate surface area is 213 Å². The zero-order valence-electron chi connectivity index (χ0n) is 21.0. The van der Waals surface area contributed by atoms with Crippen molar-refractivity contribution in [2.75, 3.05) is 6.61 Å². The minimum absolute atomic E-state index is 0.0867. The summed E-state index contributed by atoms with van der Waals surface area (Å²) in [7, 11) is 0. The Hall–Kier alpha value is -3.53. The van der Waals surface area contributed by atoms with E-state index in [-0.39, 0.29) is 30.2 Å². The molecular formula is C32H33NO3. The molecule has 0 N–H and O–H groups in total. The largest absolute Gasteiger partial charge is 0.491 e. The van der Waals surface area contributed by atoms with E-state index in [0.717, 1.165) is 31.4 Å². The van der Waals surface area contributed by atoms with Crippen LogP contribution in [0.2, 0.25) is 0 Å². The molecular weight excluding hydrogens is 446 g/mol. The van der Waals surface area contributed by atoms with Crippen molar-refractivity contribution in [3.63, 3.8) is 0 Å². The number of hydrogen-bond acceptors (Lipinski definition) is 3. The summed E-state index contributed by atoms with van der Waals surface area (Å²) in [6, 6.07) is 25.6. The van der Waals surface area contributed by atoms with Crippen LogP contribution in [0.25, 0.3) is 16.7 Å². The highest BCUT2D eigenvalue weighted by molar-refractivity contribution is 5.79. The van der Waals surface area contributed by atoms with Crippen LogP contribution < -0.4 is 4.74 Å². The van der Waals surface area contributed by atoms with Crippen LogP contribution in [0.3, 0.4) is 0 Å². The minimum Gasteiger partial charge on any atom is -0.491 e. The van der Waals surface area contributed by atoms with E-state index in [2.05, 4.69) is 66.7 Å². The van der Waals surface area contributed by atoms with Gasteiger partial charge in [-0.1, -0.05) is 66.7 Å². The number of fused-ring (bicyclic) bond motifs is 5. The smallest absolute Gasteiger partial charge is 0.410 e. The quantitative estimate of drug-likeness (QED) is 0.382. The van der Waals surface area contributed by atoms with Crippen LogP contribution in [-0.2, 0) is 4.74 Å². The molecule has 0 saturated carbocycles. The monoisotopic (exact) mass is 479 g/mol. The van der Waals surface area contributed by atoms with Crippen LogP contribution >= 0.6 is 0 Å². The van der Waals surface area contributed by atoms with Crippen LogP contribution in [0.4, 0.5) is 4.79 Å². The fourth-order valence-electron chi connectivity index (χ4n) is 6.22. The lowest BCUT2D eigenvalue weighted by atomic mass is 9.83. The molecule has 36 heavy (non-hydrogen) atoms. The van der Waals surface area contributed by atoms with Gasteiger partial charge in [0.25, 0.3) is 0 Å². The average molecular weight is 480 g/mol. The fraction of sp³-hybridized carbons (Fsp3) is 0.344. The van der Waals surface area contributed by atoms with Crippen LogP contribution in [-0.4, -0.2) is 35.8 Å². The summed E-state index contributed by atoms with van der Waals surface area (Å²) in [6.45, 7) is 4.45. The van der Waals surface area contributed by atoms with E-state index in [1.165, 1.54) is 33.4 Å².